The molecule has 0 saturated carbocycles. The zero-order valence-electron chi connectivity index (χ0n) is 20.9. The third-order valence-corrected chi connectivity index (χ3v) is 7.10. The highest BCUT2D eigenvalue weighted by Crippen LogP contribution is 2.45. The summed E-state index contributed by atoms with van der Waals surface area (Å²) in [6, 6.07) is 30.6. The molecule has 4 amide bonds. The van der Waals surface area contributed by atoms with E-state index in [-0.39, 0.29) is 12.1 Å². The first-order valence-electron chi connectivity index (χ1n) is 12.9. The Morgan fingerprint density at radius 2 is 0.842 bits per heavy atom. The predicted octanol–water partition coefficient (Wildman–Crippen LogP) is 7.78. The largest absolute Gasteiger partial charge is 0.323 e. The Morgan fingerprint density at radius 1 is 0.447 bits per heavy atom. The van der Waals surface area contributed by atoms with Crippen molar-refractivity contribution >= 4 is 46.0 Å². The van der Waals surface area contributed by atoms with Crippen LogP contribution in [0.25, 0.3) is 11.1 Å². The van der Waals surface area contributed by atoms with Gasteiger partial charge in [0.05, 0.1) is 0 Å². The second-order valence-electron chi connectivity index (χ2n) is 9.59. The number of hydrogen-bond donors (Lipinski definition) is 4. The van der Waals surface area contributed by atoms with Crippen LogP contribution >= 0.6 is 0 Å². The molecule has 4 aromatic carbocycles. The lowest BCUT2D eigenvalue weighted by molar-refractivity contribution is 0.261. The van der Waals surface area contributed by atoms with E-state index in [0.717, 1.165) is 48.4 Å². The molecule has 6 heteroatoms. The summed E-state index contributed by atoms with van der Waals surface area (Å²) in [5.74, 6) is 0. The van der Waals surface area contributed by atoms with E-state index in [1.54, 1.807) is 0 Å². The highest BCUT2D eigenvalue weighted by molar-refractivity contribution is 6.03. The van der Waals surface area contributed by atoms with Crippen molar-refractivity contribution in [1.29, 1.82) is 0 Å². The third kappa shape index (κ3) is 5.02. The Hall–Kier alpha value is -4.84. The summed E-state index contributed by atoms with van der Waals surface area (Å²) in [6.45, 7) is 0. The van der Waals surface area contributed by atoms with E-state index in [1.807, 2.05) is 72.8 Å². The first kappa shape index (κ1) is 23.6. The quantitative estimate of drug-likeness (QED) is 0.231. The summed E-state index contributed by atoms with van der Waals surface area (Å²) in [4.78, 5) is 25.1. The minimum absolute atomic E-state index is 0.265. The lowest BCUT2D eigenvalue weighted by Gasteiger charge is -2.13. The molecule has 0 radical (unpaired) electrons. The van der Waals surface area contributed by atoms with Crippen LogP contribution in [-0.2, 0) is 12.8 Å². The van der Waals surface area contributed by atoms with Crippen LogP contribution in [0.15, 0.2) is 97.1 Å². The SMILES string of the molecule is O=C(Nc1ccccc1)Nc1ccc2c(c1)/C(=C1\CCc3ccc(NC(=O)Nc4ccccc4)cc31)CC2. The van der Waals surface area contributed by atoms with Gasteiger partial charge in [0.1, 0.15) is 0 Å². The molecule has 0 saturated heterocycles. The van der Waals surface area contributed by atoms with E-state index in [4.69, 9.17) is 0 Å². The van der Waals surface area contributed by atoms with Gasteiger partial charge in [-0.3, -0.25) is 0 Å². The molecule has 38 heavy (non-hydrogen) atoms. The molecule has 0 aromatic heterocycles. The third-order valence-electron chi connectivity index (χ3n) is 7.10. The Labute approximate surface area is 221 Å². The highest BCUT2D eigenvalue weighted by Gasteiger charge is 2.26. The number of allylic oxidation sites excluding steroid dienone is 2. The minimum Gasteiger partial charge on any atom is -0.308 e. The van der Waals surface area contributed by atoms with Crippen molar-refractivity contribution in [3.05, 3.63) is 119 Å². The van der Waals surface area contributed by atoms with Gasteiger partial charge in [-0.15, -0.1) is 0 Å². The number of urea groups is 2. The number of fused-ring (bicyclic) bond motifs is 2. The molecule has 188 valence electrons. The van der Waals surface area contributed by atoms with Gasteiger partial charge in [0.15, 0.2) is 0 Å². The first-order chi connectivity index (χ1) is 18.6. The maximum atomic E-state index is 12.6. The standard InChI is InChI=1S/C32H28N4O2/c37-31(33-23-7-3-1-4-8-23)35-25-15-11-21-13-17-27(29(21)19-25)28-18-14-22-12-16-26(20-30(22)28)36-32(38)34-24-9-5-2-6-10-24/h1-12,15-16,19-20H,13-14,17-18H2,(H2,33,35,37)(H2,34,36,38)/b28-27+. The van der Waals surface area contributed by atoms with Crippen LogP contribution in [0.3, 0.4) is 0 Å². The van der Waals surface area contributed by atoms with Crippen molar-refractivity contribution in [3.63, 3.8) is 0 Å². The number of carbonyl (C=O) groups is 2. The van der Waals surface area contributed by atoms with E-state index in [9.17, 15) is 9.59 Å². The molecule has 0 fully saturated rings. The van der Waals surface area contributed by atoms with Crippen LogP contribution in [0, 0.1) is 0 Å². The van der Waals surface area contributed by atoms with Crippen molar-refractivity contribution in [3.8, 4) is 0 Å². The maximum Gasteiger partial charge on any atom is 0.323 e. The molecule has 0 atom stereocenters. The van der Waals surface area contributed by atoms with Crippen molar-refractivity contribution in [1.82, 2.24) is 0 Å². The number of carbonyl (C=O) groups excluding carboxylic acids is 2. The zero-order chi connectivity index (χ0) is 25.9. The van der Waals surface area contributed by atoms with E-state index in [2.05, 4.69) is 45.5 Å². The second-order valence-corrected chi connectivity index (χ2v) is 9.59. The molecule has 6 nitrogen and oxygen atoms in total. The van der Waals surface area contributed by atoms with E-state index in [1.165, 1.54) is 33.4 Å². The summed E-state index contributed by atoms with van der Waals surface area (Å²) in [7, 11) is 0. The topological polar surface area (TPSA) is 82.3 Å². The summed E-state index contributed by atoms with van der Waals surface area (Å²) < 4.78 is 0. The zero-order valence-corrected chi connectivity index (χ0v) is 20.9. The molecule has 0 unspecified atom stereocenters. The molecule has 6 rings (SSSR count). The number of nitrogens with one attached hydrogen (secondary N) is 4. The van der Waals surface area contributed by atoms with Crippen molar-refractivity contribution < 1.29 is 9.59 Å². The Kier molecular flexibility index (Phi) is 6.36. The lowest BCUT2D eigenvalue weighted by Crippen LogP contribution is -2.19. The second kappa shape index (κ2) is 10.3. The molecule has 4 N–H and O–H groups in total. The summed E-state index contributed by atoms with van der Waals surface area (Å²) in [6.07, 6.45) is 3.90. The predicted molar refractivity (Wildman–Crippen MR) is 155 cm³/mol. The van der Waals surface area contributed by atoms with Crippen LogP contribution in [0.1, 0.15) is 35.1 Å². The van der Waals surface area contributed by atoms with E-state index in [0.29, 0.717) is 0 Å². The van der Waals surface area contributed by atoms with Gasteiger partial charge in [-0.1, -0.05) is 48.5 Å². The van der Waals surface area contributed by atoms with Crippen LogP contribution in [0.5, 0.6) is 0 Å². The van der Waals surface area contributed by atoms with Crippen LogP contribution in [0.4, 0.5) is 32.3 Å². The number of anilines is 4. The Bertz CT molecular complexity index is 1430. The molecule has 2 aliphatic rings. The van der Waals surface area contributed by atoms with Gasteiger partial charge in [0.25, 0.3) is 0 Å². The number of amides is 4. The van der Waals surface area contributed by atoms with Gasteiger partial charge >= 0.3 is 12.1 Å². The number of hydrogen-bond acceptors (Lipinski definition) is 2. The average Bonchev–Trinajstić information content (AvgIpc) is 3.53. The smallest absolute Gasteiger partial charge is 0.308 e. The molecular weight excluding hydrogens is 472 g/mol. The van der Waals surface area contributed by atoms with E-state index >= 15 is 0 Å². The number of rotatable bonds is 4. The molecule has 0 bridgehead atoms. The molecule has 4 aromatic rings. The lowest BCUT2D eigenvalue weighted by atomic mass is 9.96. The van der Waals surface area contributed by atoms with Crippen LogP contribution in [0.2, 0.25) is 0 Å². The molecule has 0 heterocycles. The normalized spacial score (nSPS) is 15.4. The number of benzene rings is 4. The summed E-state index contributed by atoms with van der Waals surface area (Å²) >= 11 is 0. The van der Waals surface area contributed by atoms with Crippen molar-refractivity contribution in [2.24, 2.45) is 0 Å². The van der Waals surface area contributed by atoms with Gasteiger partial charge in [-0.25, -0.2) is 9.59 Å². The Morgan fingerprint density at radius 3 is 1.26 bits per heavy atom. The van der Waals surface area contributed by atoms with Gasteiger partial charge in [0.2, 0.25) is 0 Å². The average molecular weight is 501 g/mol. The fourth-order valence-corrected chi connectivity index (χ4v) is 5.35. The fourth-order valence-electron chi connectivity index (χ4n) is 5.35. The summed E-state index contributed by atoms with van der Waals surface area (Å²) in [5, 5.41) is 11.7. The monoisotopic (exact) mass is 500 g/mol. The first-order valence-corrected chi connectivity index (χ1v) is 12.9. The van der Waals surface area contributed by atoms with Gasteiger partial charge < -0.3 is 21.3 Å². The van der Waals surface area contributed by atoms with Crippen molar-refractivity contribution in [2.75, 3.05) is 21.3 Å². The van der Waals surface area contributed by atoms with Crippen LogP contribution in [-0.4, -0.2) is 12.1 Å². The molecule has 0 aliphatic heterocycles. The molecule has 2 aliphatic carbocycles. The Balaban J connectivity index is 1.22. The molecule has 0 spiro atoms. The van der Waals surface area contributed by atoms with Crippen LogP contribution < -0.4 is 21.3 Å². The van der Waals surface area contributed by atoms with Gasteiger partial charge in [-0.2, -0.15) is 0 Å². The van der Waals surface area contributed by atoms with Gasteiger partial charge in [0, 0.05) is 22.7 Å². The summed E-state index contributed by atoms with van der Waals surface area (Å²) in [5.41, 5.74) is 10.7. The fraction of sp³-hybridized carbons (Fsp3) is 0.125. The number of aryl methyl sites for hydroxylation is 2. The number of para-hydroxylation sites is 2. The van der Waals surface area contributed by atoms with Gasteiger partial charge in [-0.05, 0) is 108 Å². The maximum absolute atomic E-state index is 12.6. The minimum atomic E-state index is -0.265. The van der Waals surface area contributed by atoms with E-state index < -0.39 is 0 Å². The van der Waals surface area contributed by atoms with Crippen molar-refractivity contribution in [2.45, 2.75) is 25.7 Å². The molecular formula is C32H28N4O2. The highest BCUT2D eigenvalue weighted by atomic mass is 16.2.